The Morgan fingerprint density at radius 2 is 2.10 bits per heavy atom. The van der Waals surface area contributed by atoms with Crippen molar-refractivity contribution < 1.29 is 9.90 Å². The van der Waals surface area contributed by atoms with Gasteiger partial charge < -0.3 is 15.7 Å². The molecule has 3 N–H and O–H groups in total. The minimum absolute atomic E-state index is 0.252. The summed E-state index contributed by atoms with van der Waals surface area (Å²) in [4.78, 5) is 12.7. The molecule has 2 aromatic rings. The van der Waals surface area contributed by atoms with Gasteiger partial charge in [-0.25, -0.2) is 4.79 Å². The molecule has 1 aromatic heterocycles. The molecule has 1 aromatic carbocycles. The minimum Gasteiger partial charge on any atom is -0.388 e. The summed E-state index contributed by atoms with van der Waals surface area (Å²) in [6.07, 6.45) is -0.0180. The van der Waals surface area contributed by atoms with Crippen LogP contribution in [0.2, 0.25) is 0 Å². The lowest BCUT2D eigenvalue weighted by Crippen LogP contribution is -2.30. The van der Waals surface area contributed by atoms with Gasteiger partial charge in [0.15, 0.2) is 0 Å². The van der Waals surface area contributed by atoms with Crippen molar-refractivity contribution in [1.82, 2.24) is 5.32 Å². The van der Waals surface area contributed by atoms with Crippen molar-refractivity contribution in [1.29, 1.82) is 0 Å². The molecule has 0 aliphatic heterocycles. The normalized spacial score (nSPS) is 11.9. The Kier molecular flexibility index (Phi) is 5.15. The highest BCUT2D eigenvalue weighted by atomic mass is 32.1. The number of hydrogen-bond donors (Lipinski definition) is 3. The molecule has 1 atom stereocenters. The summed E-state index contributed by atoms with van der Waals surface area (Å²) in [7, 11) is 0. The maximum Gasteiger partial charge on any atom is 0.319 e. The van der Waals surface area contributed by atoms with Gasteiger partial charge in [0.2, 0.25) is 0 Å². The Balaban J connectivity index is 1.74. The Labute approximate surface area is 122 Å². The second-order valence-corrected chi connectivity index (χ2v) is 5.49. The molecule has 5 heteroatoms. The standard InChI is InChI=1S/C15H18N2O2S/c1-11-5-2-3-6-12(11)17-15(19)16-9-8-13(18)14-7-4-10-20-14/h2-7,10,13,18H,8-9H2,1H3,(H2,16,17,19). The van der Waals surface area contributed by atoms with Gasteiger partial charge in [-0.2, -0.15) is 0 Å². The van der Waals surface area contributed by atoms with Crippen molar-refractivity contribution in [3.63, 3.8) is 0 Å². The number of aryl methyl sites for hydroxylation is 1. The van der Waals surface area contributed by atoms with Crippen molar-refractivity contribution in [2.75, 3.05) is 11.9 Å². The molecule has 0 aliphatic rings. The third-order valence-electron chi connectivity index (χ3n) is 2.97. The van der Waals surface area contributed by atoms with E-state index in [-0.39, 0.29) is 6.03 Å². The van der Waals surface area contributed by atoms with Gasteiger partial charge in [0.05, 0.1) is 6.10 Å². The van der Waals surface area contributed by atoms with E-state index in [1.165, 1.54) is 11.3 Å². The first-order valence-electron chi connectivity index (χ1n) is 6.49. The van der Waals surface area contributed by atoms with Gasteiger partial charge in [-0.15, -0.1) is 11.3 Å². The van der Waals surface area contributed by atoms with Crippen LogP contribution in [0.5, 0.6) is 0 Å². The number of anilines is 1. The van der Waals surface area contributed by atoms with Crippen LogP contribution in [0, 0.1) is 6.92 Å². The molecule has 0 aliphatic carbocycles. The first kappa shape index (κ1) is 14.6. The SMILES string of the molecule is Cc1ccccc1NC(=O)NCCC(O)c1cccs1. The zero-order valence-electron chi connectivity index (χ0n) is 11.3. The lowest BCUT2D eigenvalue weighted by Gasteiger charge is -2.11. The van der Waals surface area contributed by atoms with E-state index in [4.69, 9.17) is 0 Å². The summed E-state index contributed by atoms with van der Waals surface area (Å²) in [5, 5.41) is 17.4. The van der Waals surface area contributed by atoms with Crippen molar-refractivity contribution in [3.8, 4) is 0 Å². The predicted molar refractivity (Wildman–Crippen MR) is 82.1 cm³/mol. The molecule has 1 heterocycles. The van der Waals surface area contributed by atoms with E-state index in [9.17, 15) is 9.90 Å². The Morgan fingerprint density at radius 1 is 1.30 bits per heavy atom. The fourth-order valence-corrected chi connectivity index (χ4v) is 2.57. The second-order valence-electron chi connectivity index (χ2n) is 4.52. The Morgan fingerprint density at radius 3 is 2.80 bits per heavy atom. The number of para-hydroxylation sites is 1. The number of carbonyl (C=O) groups is 1. The molecule has 106 valence electrons. The monoisotopic (exact) mass is 290 g/mol. The summed E-state index contributed by atoms with van der Waals surface area (Å²) in [6, 6.07) is 11.1. The molecular formula is C15H18N2O2S. The van der Waals surface area contributed by atoms with E-state index >= 15 is 0 Å². The predicted octanol–water partition coefficient (Wildman–Crippen LogP) is 3.30. The van der Waals surface area contributed by atoms with Crippen LogP contribution in [0.3, 0.4) is 0 Å². The van der Waals surface area contributed by atoms with Gasteiger partial charge in [0.1, 0.15) is 0 Å². The number of nitrogens with one attached hydrogen (secondary N) is 2. The maximum absolute atomic E-state index is 11.7. The number of carbonyl (C=O) groups excluding carboxylic acids is 1. The van der Waals surface area contributed by atoms with Crippen LogP contribution in [0.25, 0.3) is 0 Å². The molecule has 4 nitrogen and oxygen atoms in total. The topological polar surface area (TPSA) is 61.4 Å². The lowest BCUT2D eigenvalue weighted by atomic mass is 10.2. The van der Waals surface area contributed by atoms with Crippen LogP contribution in [0.1, 0.15) is 23.0 Å². The minimum atomic E-state index is -0.520. The molecule has 0 bridgehead atoms. The summed E-state index contributed by atoms with van der Waals surface area (Å²) in [5.74, 6) is 0. The smallest absolute Gasteiger partial charge is 0.319 e. The average molecular weight is 290 g/mol. The summed E-state index contributed by atoms with van der Waals surface area (Å²) in [6.45, 7) is 2.37. The van der Waals surface area contributed by atoms with Crippen molar-refractivity contribution in [2.45, 2.75) is 19.4 Å². The van der Waals surface area contributed by atoms with Crippen LogP contribution in [-0.2, 0) is 0 Å². The zero-order valence-corrected chi connectivity index (χ0v) is 12.1. The number of urea groups is 1. The van der Waals surface area contributed by atoms with Crippen LogP contribution in [0.15, 0.2) is 41.8 Å². The van der Waals surface area contributed by atoms with Gasteiger partial charge in [-0.05, 0) is 36.4 Å². The lowest BCUT2D eigenvalue weighted by molar-refractivity contribution is 0.171. The van der Waals surface area contributed by atoms with E-state index in [0.29, 0.717) is 13.0 Å². The molecule has 1 unspecified atom stereocenters. The molecule has 0 spiro atoms. The Bertz CT molecular complexity index is 555. The van der Waals surface area contributed by atoms with E-state index < -0.39 is 6.10 Å². The molecule has 0 radical (unpaired) electrons. The number of hydrogen-bond acceptors (Lipinski definition) is 3. The fraction of sp³-hybridized carbons (Fsp3) is 0.267. The number of aliphatic hydroxyl groups is 1. The first-order chi connectivity index (χ1) is 9.66. The Hall–Kier alpha value is -1.85. The van der Waals surface area contributed by atoms with Gasteiger partial charge in [0.25, 0.3) is 0 Å². The quantitative estimate of drug-likeness (QED) is 0.791. The molecule has 20 heavy (non-hydrogen) atoms. The summed E-state index contributed by atoms with van der Waals surface area (Å²) in [5.41, 5.74) is 1.81. The highest BCUT2D eigenvalue weighted by Gasteiger charge is 2.09. The number of aliphatic hydroxyl groups excluding tert-OH is 1. The van der Waals surface area contributed by atoms with Gasteiger partial charge in [-0.1, -0.05) is 24.3 Å². The average Bonchev–Trinajstić information content (AvgIpc) is 2.95. The van der Waals surface area contributed by atoms with E-state index in [0.717, 1.165) is 16.1 Å². The number of thiophene rings is 1. The first-order valence-corrected chi connectivity index (χ1v) is 7.36. The van der Waals surface area contributed by atoms with E-state index in [1.54, 1.807) is 0 Å². The molecule has 2 rings (SSSR count). The second kappa shape index (κ2) is 7.07. The van der Waals surface area contributed by atoms with Crippen LogP contribution in [-0.4, -0.2) is 17.7 Å². The zero-order chi connectivity index (χ0) is 14.4. The van der Waals surface area contributed by atoms with Gasteiger partial charge in [0, 0.05) is 17.1 Å². The van der Waals surface area contributed by atoms with Crippen LogP contribution >= 0.6 is 11.3 Å². The van der Waals surface area contributed by atoms with Gasteiger partial charge >= 0.3 is 6.03 Å². The number of rotatable bonds is 5. The van der Waals surface area contributed by atoms with Crippen molar-refractivity contribution >= 4 is 23.1 Å². The maximum atomic E-state index is 11.7. The van der Waals surface area contributed by atoms with E-state index in [2.05, 4.69) is 10.6 Å². The largest absolute Gasteiger partial charge is 0.388 e. The van der Waals surface area contributed by atoms with Crippen molar-refractivity contribution in [2.24, 2.45) is 0 Å². The fourth-order valence-electron chi connectivity index (χ4n) is 1.83. The summed E-state index contributed by atoms with van der Waals surface area (Å²) >= 11 is 1.52. The van der Waals surface area contributed by atoms with Crippen LogP contribution in [0.4, 0.5) is 10.5 Å². The number of benzene rings is 1. The molecule has 0 saturated carbocycles. The highest BCUT2D eigenvalue weighted by Crippen LogP contribution is 2.20. The third-order valence-corrected chi connectivity index (χ3v) is 3.94. The molecular weight excluding hydrogens is 272 g/mol. The molecule has 0 saturated heterocycles. The summed E-state index contributed by atoms with van der Waals surface area (Å²) < 4.78 is 0. The van der Waals surface area contributed by atoms with Crippen molar-refractivity contribution in [3.05, 3.63) is 52.2 Å². The molecule has 0 fully saturated rings. The van der Waals surface area contributed by atoms with Crippen LogP contribution < -0.4 is 10.6 Å². The highest BCUT2D eigenvalue weighted by molar-refractivity contribution is 7.10. The number of amides is 2. The van der Waals surface area contributed by atoms with Gasteiger partial charge in [-0.3, -0.25) is 0 Å². The van der Waals surface area contributed by atoms with E-state index in [1.807, 2.05) is 48.7 Å². The third kappa shape index (κ3) is 4.08. The molecule has 2 amide bonds.